The van der Waals surface area contributed by atoms with E-state index in [0.717, 1.165) is 0 Å². The standard InChI is InChI=1S/C8H20N.F6P/c1-5-9(6-2,7-3)8-4;1-7(2,3,4,5)6/h5-8H2,1-4H3;/q+1;-1. The summed E-state index contributed by atoms with van der Waals surface area (Å²) in [7, 11) is -10.7. The molecule has 104 valence electrons. The molecule has 0 radical (unpaired) electrons. The molecule has 0 aliphatic carbocycles. The van der Waals surface area contributed by atoms with Crippen molar-refractivity contribution in [1.82, 2.24) is 0 Å². The van der Waals surface area contributed by atoms with E-state index in [2.05, 4.69) is 27.7 Å². The second-order valence-electron chi connectivity index (χ2n) is 3.56. The van der Waals surface area contributed by atoms with E-state index in [1.54, 1.807) is 0 Å². The Hall–Kier alpha value is -0.0300. The number of nitrogens with zero attached hydrogens (tertiary/aromatic N) is 1. The van der Waals surface area contributed by atoms with Crippen LogP contribution < -0.4 is 0 Å². The fourth-order valence-corrected chi connectivity index (χ4v) is 1.34. The first-order valence-corrected chi connectivity index (χ1v) is 7.14. The summed E-state index contributed by atoms with van der Waals surface area (Å²) in [5.74, 6) is 0. The molecule has 16 heavy (non-hydrogen) atoms. The maximum atomic E-state index is 9.87. The van der Waals surface area contributed by atoms with Gasteiger partial charge in [0.2, 0.25) is 0 Å². The minimum absolute atomic E-state index is 1.28. The molecule has 8 heteroatoms. The second-order valence-corrected chi connectivity index (χ2v) is 5.48. The van der Waals surface area contributed by atoms with Crippen molar-refractivity contribution in [2.24, 2.45) is 0 Å². The predicted octanol–water partition coefficient (Wildman–Crippen LogP) is 5.27. The van der Waals surface area contributed by atoms with Gasteiger partial charge in [-0.25, -0.2) is 0 Å². The van der Waals surface area contributed by atoms with Crippen molar-refractivity contribution >= 4 is 7.81 Å². The Morgan fingerprint density at radius 1 is 0.625 bits per heavy atom. The zero-order chi connectivity index (χ0) is 13.7. The summed E-state index contributed by atoms with van der Waals surface area (Å²) in [6, 6.07) is 0. The van der Waals surface area contributed by atoms with Crippen molar-refractivity contribution < 1.29 is 29.7 Å². The molecule has 1 nitrogen and oxygen atoms in total. The van der Waals surface area contributed by atoms with Crippen LogP contribution in [0, 0.1) is 0 Å². The van der Waals surface area contributed by atoms with Crippen LogP contribution in [0.25, 0.3) is 0 Å². The van der Waals surface area contributed by atoms with Crippen LogP contribution in [0.4, 0.5) is 25.2 Å². The third-order valence-corrected chi connectivity index (χ3v) is 2.68. The van der Waals surface area contributed by atoms with E-state index in [1.807, 2.05) is 0 Å². The van der Waals surface area contributed by atoms with Crippen LogP contribution in [0.2, 0.25) is 0 Å². The molecule has 0 unspecified atom stereocenters. The molecule has 0 saturated carbocycles. The molecule has 0 spiro atoms. The third kappa shape index (κ3) is 16.4. The monoisotopic (exact) mass is 275 g/mol. The second kappa shape index (κ2) is 4.69. The molecule has 0 amide bonds. The van der Waals surface area contributed by atoms with Crippen LogP contribution in [0.5, 0.6) is 0 Å². The zero-order valence-corrected chi connectivity index (χ0v) is 10.9. The molecule has 0 N–H and O–H groups in total. The molecule has 0 aliphatic rings. The van der Waals surface area contributed by atoms with E-state index in [4.69, 9.17) is 0 Å². The van der Waals surface area contributed by atoms with E-state index < -0.39 is 7.81 Å². The summed E-state index contributed by atoms with van der Waals surface area (Å²) < 4.78 is 60.5. The molecule has 0 atom stereocenters. The summed E-state index contributed by atoms with van der Waals surface area (Å²) in [5, 5.41) is 0. The van der Waals surface area contributed by atoms with Crippen molar-refractivity contribution in [3.8, 4) is 0 Å². The quantitative estimate of drug-likeness (QED) is 0.372. The summed E-state index contributed by atoms with van der Waals surface area (Å²) in [6.07, 6.45) is 0. The first kappa shape index (κ1) is 18.3. The van der Waals surface area contributed by atoms with Crippen LogP contribution in [0.3, 0.4) is 0 Å². The summed E-state index contributed by atoms with van der Waals surface area (Å²) in [4.78, 5) is 0. The van der Waals surface area contributed by atoms with Gasteiger partial charge < -0.3 is 4.48 Å². The van der Waals surface area contributed by atoms with E-state index in [-0.39, 0.29) is 0 Å². The van der Waals surface area contributed by atoms with Crippen molar-refractivity contribution in [3.05, 3.63) is 0 Å². The molecular formula is C8H20F6NP. The molecule has 0 rings (SSSR count). The third-order valence-electron chi connectivity index (χ3n) is 2.68. The van der Waals surface area contributed by atoms with Gasteiger partial charge in [-0.15, -0.1) is 0 Å². The molecule has 0 heterocycles. The van der Waals surface area contributed by atoms with E-state index >= 15 is 0 Å². The Kier molecular flexibility index (Phi) is 5.37. The normalized spacial score (nSPS) is 16.9. The van der Waals surface area contributed by atoms with Gasteiger partial charge in [-0.3, -0.25) is 0 Å². The summed E-state index contributed by atoms with van der Waals surface area (Å²) >= 11 is 0. The molecule has 0 aromatic carbocycles. The topological polar surface area (TPSA) is 0 Å². The van der Waals surface area contributed by atoms with Crippen LogP contribution in [-0.2, 0) is 0 Å². The summed E-state index contributed by atoms with van der Waals surface area (Å²) in [6.45, 7) is 14.2. The number of rotatable bonds is 4. The average molecular weight is 275 g/mol. The summed E-state index contributed by atoms with van der Waals surface area (Å²) in [5.41, 5.74) is 0. The maximum absolute atomic E-state index is 10.7. The minimum atomic E-state index is -10.7. The van der Waals surface area contributed by atoms with Crippen molar-refractivity contribution in [1.29, 1.82) is 0 Å². The van der Waals surface area contributed by atoms with Gasteiger partial charge >= 0.3 is 33.0 Å². The first-order valence-electron chi connectivity index (χ1n) is 5.11. The Morgan fingerprint density at radius 2 is 0.750 bits per heavy atom. The molecule has 0 aromatic rings. The van der Waals surface area contributed by atoms with Crippen LogP contribution in [-0.4, -0.2) is 30.7 Å². The molecule has 0 fully saturated rings. The van der Waals surface area contributed by atoms with E-state index in [9.17, 15) is 25.2 Å². The molecule has 0 aliphatic heterocycles. The average Bonchev–Trinajstić information content (AvgIpc) is 2.04. The van der Waals surface area contributed by atoms with Gasteiger partial charge in [-0.2, -0.15) is 0 Å². The van der Waals surface area contributed by atoms with Crippen LogP contribution in [0.15, 0.2) is 0 Å². The Labute approximate surface area is 92.3 Å². The Bertz CT molecular complexity index is 175. The molecule has 0 bridgehead atoms. The van der Waals surface area contributed by atoms with Gasteiger partial charge in [0.1, 0.15) is 0 Å². The predicted molar refractivity (Wildman–Crippen MR) is 56.0 cm³/mol. The van der Waals surface area contributed by atoms with Gasteiger partial charge in [0.15, 0.2) is 0 Å². The Morgan fingerprint density at radius 3 is 0.750 bits per heavy atom. The van der Waals surface area contributed by atoms with E-state index in [0.29, 0.717) is 0 Å². The fourth-order valence-electron chi connectivity index (χ4n) is 1.34. The van der Waals surface area contributed by atoms with Crippen molar-refractivity contribution in [3.63, 3.8) is 0 Å². The van der Waals surface area contributed by atoms with Gasteiger partial charge in [0, 0.05) is 0 Å². The van der Waals surface area contributed by atoms with Crippen molar-refractivity contribution in [2.75, 3.05) is 26.2 Å². The van der Waals surface area contributed by atoms with E-state index in [1.165, 1.54) is 30.7 Å². The van der Waals surface area contributed by atoms with Gasteiger partial charge in [0.25, 0.3) is 0 Å². The number of halogens is 6. The zero-order valence-electron chi connectivity index (χ0n) is 9.99. The van der Waals surface area contributed by atoms with Gasteiger partial charge in [-0.05, 0) is 27.7 Å². The van der Waals surface area contributed by atoms with Crippen LogP contribution >= 0.6 is 7.81 Å². The fraction of sp³-hybridized carbons (Fsp3) is 1.00. The first-order chi connectivity index (χ1) is 6.69. The van der Waals surface area contributed by atoms with Crippen LogP contribution in [0.1, 0.15) is 27.7 Å². The van der Waals surface area contributed by atoms with Gasteiger partial charge in [0.05, 0.1) is 26.2 Å². The Balaban J connectivity index is 0. The van der Waals surface area contributed by atoms with Crippen molar-refractivity contribution in [2.45, 2.75) is 27.7 Å². The number of quaternary nitrogens is 1. The molecule has 0 saturated heterocycles. The number of hydrogen-bond acceptors (Lipinski definition) is 0. The van der Waals surface area contributed by atoms with Gasteiger partial charge in [-0.1, -0.05) is 0 Å². The molecule has 0 aromatic heterocycles. The SMILES string of the molecule is CC[N+](CC)(CC)CC.F[P-](F)(F)(F)(F)F. The number of hydrogen-bond donors (Lipinski definition) is 0. The molecular weight excluding hydrogens is 255 g/mol.